The SMILES string of the molecule is CCCNC(=O)[C@@H](NC(=O)CC(C)C)C1CCN(C(=O)c2cccc(OC)c2)CC1. The Bertz CT molecular complexity index is 727. The minimum atomic E-state index is -0.558. The first-order chi connectivity index (χ1) is 14.3. The maximum absolute atomic E-state index is 12.8. The number of hydrogen-bond donors (Lipinski definition) is 2. The summed E-state index contributed by atoms with van der Waals surface area (Å²) in [5.41, 5.74) is 0.593. The molecule has 1 heterocycles. The van der Waals surface area contributed by atoms with Gasteiger partial charge in [0.25, 0.3) is 5.91 Å². The highest BCUT2D eigenvalue weighted by Crippen LogP contribution is 2.24. The minimum absolute atomic E-state index is 0.00679. The molecule has 0 aliphatic carbocycles. The zero-order chi connectivity index (χ0) is 22.1. The lowest BCUT2D eigenvalue weighted by atomic mass is 9.88. The van der Waals surface area contributed by atoms with Crippen molar-refractivity contribution in [3.63, 3.8) is 0 Å². The first-order valence-electron chi connectivity index (χ1n) is 10.9. The normalized spacial score (nSPS) is 15.6. The molecule has 1 saturated heterocycles. The summed E-state index contributed by atoms with van der Waals surface area (Å²) in [4.78, 5) is 39.7. The summed E-state index contributed by atoms with van der Waals surface area (Å²) in [6.45, 7) is 7.65. The Morgan fingerprint density at radius 2 is 1.90 bits per heavy atom. The van der Waals surface area contributed by atoms with E-state index in [0.717, 1.165) is 6.42 Å². The van der Waals surface area contributed by atoms with Crippen LogP contribution in [0.3, 0.4) is 0 Å². The number of piperidine rings is 1. The Morgan fingerprint density at radius 3 is 2.50 bits per heavy atom. The third-order valence-electron chi connectivity index (χ3n) is 5.36. The molecule has 7 heteroatoms. The smallest absolute Gasteiger partial charge is 0.253 e. The molecular formula is C23H35N3O4. The zero-order valence-corrected chi connectivity index (χ0v) is 18.6. The summed E-state index contributed by atoms with van der Waals surface area (Å²) in [5.74, 6) is 0.613. The fourth-order valence-electron chi connectivity index (χ4n) is 3.73. The zero-order valence-electron chi connectivity index (χ0n) is 18.6. The molecule has 0 aromatic heterocycles. The number of rotatable bonds is 9. The molecule has 2 rings (SSSR count). The summed E-state index contributed by atoms with van der Waals surface area (Å²) in [7, 11) is 1.58. The lowest BCUT2D eigenvalue weighted by Gasteiger charge is -2.36. The lowest BCUT2D eigenvalue weighted by Crippen LogP contribution is -2.54. The predicted octanol–water partition coefficient (Wildman–Crippen LogP) is 2.60. The van der Waals surface area contributed by atoms with E-state index in [0.29, 0.717) is 50.2 Å². The third kappa shape index (κ3) is 6.75. The number of carbonyl (C=O) groups excluding carboxylic acids is 3. The van der Waals surface area contributed by atoms with Crippen LogP contribution in [0.4, 0.5) is 0 Å². The molecule has 2 N–H and O–H groups in total. The van der Waals surface area contributed by atoms with Crippen molar-refractivity contribution < 1.29 is 19.1 Å². The summed E-state index contributed by atoms with van der Waals surface area (Å²) < 4.78 is 5.21. The van der Waals surface area contributed by atoms with E-state index in [1.165, 1.54) is 0 Å². The summed E-state index contributed by atoms with van der Waals surface area (Å²) in [5, 5.41) is 5.86. The van der Waals surface area contributed by atoms with E-state index in [1.54, 1.807) is 25.3 Å². The van der Waals surface area contributed by atoms with Crippen LogP contribution in [0.1, 0.15) is 56.8 Å². The molecule has 0 spiro atoms. The molecule has 166 valence electrons. The summed E-state index contributed by atoms with van der Waals surface area (Å²) in [6, 6.07) is 6.57. The van der Waals surface area contributed by atoms with Crippen LogP contribution < -0.4 is 15.4 Å². The molecule has 0 unspecified atom stereocenters. The highest BCUT2D eigenvalue weighted by atomic mass is 16.5. The standard InChI is InChI=1S/C23H35N3O4/c1-5-11-24-22(28)21(25-20(27)14-16(2)3)17-9-12-26(13-10-17)23(29)18-7-6-8-19(15-18)30-4/h6-8,15-17,21H,5,9-14H2,1-4H3,(H,24,28)(H,25,27)/t21-/m0/s1. The lowest BCUT2D eigenvalue weighted by molar-refractivity contribution is -0.131. The van der Waals surface area contributed by atoms with Crippen LogP contribution in [0, 0.1) is 11.8 Å². The van der Waals surface area contributed by atoms with Crippen molar-refractivity contribution >= 4 is 17.7 Å². The summed E-state index contributed by atoms with van der Waals surface area (Å²) >= 11 is 0. The molecule has 30 heavy (non-hydrogen) atoms. The molecule has 0 bridgehead atoms. The van der Waals surface area contributed by atoms with Crippen LogP contribution in [0.5, 0.6) is 5.75 Å². The quantitative estimate of drug-likeness (QED) is 0.647. The molecule has 1 aromatic rings. The number of methoxy groups -OCH3 is 1. The maximum atomic E-state index is 12.8. The van der Waals surface area contributed by atoms with E-state index in [-0.39, 0.29) is 29.6 Å². The molecule has 7 nitrogen and oxygen atoms in total. The van der Waals surface area contributed by atoms with Gasteiger partial charge >= 0.3 is 0 Å². The van der Waals surface area contributed by atoms with Gasteiger partial charge in [0.1, 0.15) is 11.8 Å². The van der Waals surface area contributed by atoms with Gasteiger partial charge in [-0.3, -0.25) is 14.4 Å². The second-order valence-corrected chi connectivity index (χ2v) is 8.30. The van der Waals surface area contributed by atoms with Gasteiger partial charge < -0.3 is 20.3 Å². The maximum Gasteiger partial charge on any atom is 0.253 e. The average Bonchev–Trinajstić information content (AvgIpc) is 2.75. The Kier molecular flexibility index (Phi) is 9.15. The van der Waals surface area contributed by atoms with Gasteiger partial charge in [0.15, 0.2) is 0 Å². The number of ether oxygens (including phenoxy) is 1. The van der Waals surface area contributed by atoms with Crippen LogP contribution >= 0.6 is 0 Å². The number of amides is 3. The van der Waals surface area contributed by atoms with Crippen molar-refractivity contribution in [1.29, 1.82) is 0 Å². The van der Waals surface area contributed by atoms with Crippen LogP contribution in [0.2, 0.25) is 0 Å². The Balaban J connectivity index is 2.02. The van der Waals surface area contributed by atoms with Crippen LogP contribution in [-0.2, 0) is 9.59 Å². The third-order valence-corrected chi connectivity index (χ3v) is 5.36. The number of likely N-dealkylation sites (tertiary alicyclic amines) is 1. The van der Waals surface area contributed by atoms with Crippen molar-refractivity contribution in [3.05, 3.63) is 29.8 Å². The summed E-state index contributed by atoms with van der Waals surface area (Å²) in [6.07, 6.45) is 2.57. The van der Waals surface area contributed by atoms with Gasteiger partial charge in [0.05, 0.1) is 7.11 Å². The van der Waals surface area contributed by atoms with Gasteiger partial charge in [0, 0.05) is 31.6 Å². The predicted molar refractivity (Wildman–Crippen MR) is 116 cm³/mol. The molecule has 1 fully saturated rings. The molecule has 0 saturated carbocycles. The van der Waals surface area contributed by atoms with Gasteiger partial charge in [-0.1, -0.05) is 26.8 Å². The molecule has 1 aliphatic rings. The van der Waals surface area contributed by atoms with E-state index in [4.69, 9.17) is 4.74 Å². The monoisotopic (exact) mass is 417 g/mol. The fourth-order valence-corrected chi connectivity index (χ4v) is 3.73. The van der Waals surface area contributed by atoms with Gasteiger partial charge in [-0.2, -0.15) is 0 Å². The van der Waals surface area contributed by atoms with Gasteiger partial charge in [-0.05, 0) is 49.3 Å². The van der Waals surface area contributed by atoms with Crippen molar-refractivity contribution in [2.75, 3.05) is 26.7 Å². The van der Waals surface area contributed by atoms with Gasteiger partial charge in [0.2, 0.25) is 11.8 Å². The van der Waals surface area contributed by atoms with E-state index < -0.39 is 6.04 Å². The number of hydrogen-bond acceptors (Lipinski definition) is 4. The second kappa shape index (κ2) is 11.6. The van der Waals surface area contributed by atoms with E-state index in [1.807, 2.05) is 31.7 Å². The fraction of sp³-hybridized carbons (Fsp3) is 0.609. The molecule has 1 aliphatic heterocycles. The largest absolute Gasteiger partial charge is 0.497 e. The topological polar surface area (TPSA) is 87.7 Å². The number of benzene rings is 1. The first-order valence-corrected chi connectivity index (χ1v) is 10.9. The van der Waals surface area contributed by atoms with E-state index in [9.17, 15) is 14.4 Å². The Morgan fingerprint density at radius 1 is 1.20 bits per heavy atom. The molecule has 1 atom stereocenters. The van der Waals surface area contributed by atoms with Crippen molar-refractivity contribution in [2.45, 2.75) is 52.5 Å². The van der Waals surface area contributed by atoms with Crippen molar-refractivity contribution in [1.82, 2.24) is 15.5 Å². The Hall–Kier alpha value is -2.57. The van der Waals surface area contributed by atoms with Crippen molar-refractivity contribution in [3.8, 4) is 5.75 Å². The number of nitrogens with zero attached hydrogens (tertiary/aromatic N) is 1. The highest BCUT2D eigenvalue weighted by Gasteiger charge is 2.34. The average molecular weight is 418 g/mol. The minimum Gasteiger partial charge on any atom is -0.497 e. The molecule has 1 aromatic carbocycles. The highest BCUT2D eigenvalue weighted by molar-refractivity contribution is 5.94. The Labute approximate surface area is 179 Å². The van der Waals surface area contributed by atoms with E-state index >= 15 is 0 Å². The van der Waals surface area contributed by atoms with Gasteiger partial charge in [-0.15, -0.1) is 0 Å². The first kappa shape index (κ1) is 23.7. The molecule has 0 radical (unpaired) electrons. The van der Waals surface area contributed by atoms with E-state index in [2.05, 4.69) is 10.6 Å². The van der Waals surface area contributed by atoms with Crippen LogP contribution in [-0.4, -0.2) is 55.4 Å². The second-order valence-electron chi connectivity index (χ2n) is 8.30. The van der Waals surface area contributed by atoms with Crippen LogP contribution in [0.25, 0.3) is 0 Å². The molecular weight excluding hydrogens is 382 g/mol. The van der Waals surface area contributed by atoms with Crippen molar-refractivity contribution in [2.24, 2.45) is 11.8 Å². The number of carbonyl (C=O) groups is 3. The number of nitrogens with one attached hydrogen (secondary N) is 2. The van der Waals surface area contributed by atoms with Gasteiger partial charge in [-0.25, -0.2) is 0 Å². The molecule has 3 amide bonds. The van der Waals surface area contributed by atoms with Crippen LogP contribution in [0.15, 0.2) is 24.3 Å².